The Morgan fingerprint density at radius 1 is 1.24 bits per heavy atom. The van der Waals surface area contributed by atoms with Crippen molar-refractivity contribution in [3.63, 3.8) is 0 Å². The van der Waals surface area contributed by atoms with Gasteiger partial charge in [0.1, 0.15) is 5.82 Å². The van der Waals surface area contributed by atoms with Gasteiger partial charge in [-0.15, -0.1) is 0 Å². The minimum absolute atomic E-state index is 0.209. The average molecular weight is 462 g/mol. The van der Waals surface area contributed by atoms with Gasteiger partial charge in [0.2, 0.25) is 0 Å². The Morgan fingerprint density at radius 3 is 2.70 bits per heavy atom. The number of aromatic nitrogens is 2. The van der Waals surface area contributed by atoms with Gasteiger partial charge >= 0.3 is 12.1 Å². The largest absolute Gasteiger partial charge is 0.469 e. The first-order valence-electron chi connectivity index (χ1n) is 10.7. The third kappa shape index (κ3) is 3.68. The lowest BCUT2D eigenvalue weighted by molar-refractivity contribution is -0.147. The Balaban J connectivity index is 1.54. The smallest absolute Gasteiger partial charge is 0.416 e. The predicted octanol–water partition coefficient (Wildman–Crippen LogP) is 5.33. The van der Waals surface area contributed by atoms with Gasteiger partial charge in [0, 0.05) is 11.8 Å². The van der Waals surface area contributed by atoms with Crippen LogP contribution in [-0.2, 0) is 20.4 Å². The molecular formula is C24H22F4N2O3. The molecule has 9 heteroatoms. The number of fused-ring (bicyclic) bond motifs is 1. The number of nitrogens with one attached hydrogen (secondary N) is 1. The predicted molar refractivity (Wildman–Crippen MR) is 111 cm³/mol. The van der Waals surface area contributed by atoms with Crippen molar-refractivity contribution in [1.82, 2.24) is 9.97 Å². The highest BCUT2D eigenvalue weighted by Gasteiger charge is 2.56. The number of halogens is 4. The molecule has 174 valence electrons. The second-order valence-electron chi connectivity index (χ2n) is 8.83. The van der Waals surface area contributed by atoms with Crippen LogP contribution in [0.15, 0.2) is 42.7 Å². The Hall–Kier alpha value is -2.94. The van der Waals surface area contributed by atoms with E-state index in [0.717, 1.165) is 17.7 Å². The van der Waals surface area contributed by atoms with Crippen LogP contribution in [0.5, 0.6) is 0 Å². The summed E-state index contributed by atoms with van der Waals surface area (Å²) in [4.78, 5) is 19.6. The van der Waals surface area contributed by atoms with Crippen LogP contribution in [0.4, 0.5) is 17.6 Å². The van der Waals surface area contributed by atoms with Gasteiger partial charge in [-0.25, -0.2) is 9.37 Å². The number of H-pyrrole nitrogens is 1. The Bertz CT molecular complexity index is 1190. The Kier molecular flexibility index (Phi) is 5.19. The highest BCUT2D eigenvalue weighted by Crippen LogP contribution is 2.57. The lowest BCUT2D eigenvalue weighted by Crippen LogP contribution is -2.35. The molecule has 1 N–H and O–H groups in total. The molecule has 1 saturated carbocycles. The average Bonchev–Trinajstić information content (AvgIpc) is 3.51. The molecule has 3 aromatic rings. The first-order valence-corrected chi connectivity index (χ1v) is 10.7. The summed E-state index contributed by atoms with van der Waals surface area (Å²) in [6.45, 7) is 0.209. The number of hydrogen-bond donors (Lipinski definition) is 1. The molecule has 2 heterocycles. The summed E-state index contributed by atoms with van der Waals surface area (Å²) in [5.41, 5.74) is 0.521. The summed E-state index contributed by atoms with van der Waals surface area (Å²) in [6, 6.07) is 8.14. The molecule has 1 spiro atoms. The number of methoxy groups -OCH3 is 1. The van der Waals surface area contributed by atoms with Crippen molar-refractivity contribution in [2.24, 2.45) is 5.92 Å². The molecule has 1 saturated heterocycles. The standard InChI is InChI=1S/C24H22F4N2O3/c1-32-22(31)17-6-7-23(20(17)13-2-4-16(25)5-3-13)10-14(11-33-23)18-8-15(24(26,27)28)9-19-21(18)30-12-29-19/h2-5,8-9,12,14,17,20H,6-7,10-11H2,1H3,(H,29,30)/t14?,17-,20?,23?/m0/s1. The van der Waals surface area contributed by atoms with E-state index in [9.17, 15) is 22.4 Å². The lowest BCUT2D eigenvalue weighted by Gasteiger charge is -2.33. The second kappa shape index (κ2) is 7.83. The normalized spacial score (nSPS) is 27.5. The first kappa shape index (κ1) is 21.9. The molecular weight excluding hydrogens is 440 g/mol. The fraction of sp³-hybridized carbons (Fsp3) is 0.417. The maximum atomic E-state index is 13.6. The Labute approximate surface area is 187 Å². The summed E-state index contributed by atoms with van der Waals surface area (Å²) in [7, 11) is 1.32. The molecule has 1 aromatic heterocycles. The number of ether oxygens (including phenoxy) is 2. The van der Waals surface area contributed by atoms with Crippen molar-refractivity contribution in [2.45, 2.75) is 42.9 Å². The van der Waals surface area contributed by atoms with Crippen molar-refractivity contribution in [2.75, 3.05) is 13.7 Å². The maximum Gasteiger partial charge on any atom is 0.416 e. The molecule has 33 heavy (non-hydrogen) atoms. The summed E-state index contributed by atoms with van der Waals surface area (Å²) in [5, 5.41) is 0. The number of carbonyl (C=O) groups excluding carboxylic acids is 1. The van der Waals surface area contributed by atoms with E-state index in [-0.39, 0.29) is 24.0 Å². The number of rotatable bonds is 3. The number of hydrogen-bond acceptors (Lipinski definition) is 4. The van der Waals surface area contributed by atoms with Crippen LogP contribution >= 0.6 is 0 Å². The minimum Gasteiger partial charge on any atom is -0.469 e. The monoisotopic (exact) mass is 462 g/mol. The van der Waals surface area contributed by atoms with E-state index in [1.165, 1.54) is 25.6 Å². The topological polar surface area (TPSA) is 64.2 Å². The van der Waals surface area contributed by atoms with Crippen LogP contribution in [-0.4, -0.2) is 35.3 Å². The molecule has 2 aromatic carbocycles. The third-order valence-electron chi connectivity index (χ3n) is 7.07. The van der Waals surface area contributed by atoms with Crippen molar-refractivity contribution < 1.29 is 31.8 Å². The van der Waals surface area contributed by atoms with Gasteiger partial charge in [-0.05, 0) is 54.7 Å². The number of benzene rings is 2. The molecule has 5 nitrogen and oxygen atoms in total. The highest BCUT2D eigenvalue weighted by molar-refractivity contribution is 5.80. The summed E-state index contributed by atoms with van der Waals surface area (Å²) >= 11 is 0. The van der Waals surface area contributed by atoms with E-state index in [1.807, 2.05) is 0 Å². The van der Waals surface area contributed by atoms with E-state index in [1.54, 1.807) is 12.1 Å². The molecule has 1 aliphatic carbocycles. The summed E-state index contributed by atoms with van der Waals surface area (Å²) < 4.78 is 65.5. The van der Waals surface area contributed by atoms with Crippen LogP contribution in [0.1, 0.15) is 47.8 Å². The number of carbonyl (C=O) groups is 1. The van der Waals surface area contributed by atoms with Gasteiger partial charge in [0.15, 0.2) is 0 Å². The van der Waals surface area contributed by atoms with E-state index < -0.39 is 35.0 Å². The fourth-order valence-electron chi connectivity index (χ4n) is 5.65. The van der Waals surface area contributed by atoms with E-state index in [2.05, 4.69) is 9.97 Å². The molecule has 5 rings (SSSR count). The molecule has 3 unspecified atom stereocenters. The number of nitrogens with zero attached hydrogens (tertiary/aromatic N) is 1. The fourth-order valence-corrected chi connectivity index (χ4v) is 5.65. The zero-order valence-electron chi connectivity index (χ0n) is 17.8. The third-order valence-corrected chi connectivity index (χ3v) is 7.07. The van der Waals surface area contributed by atoms with Crippen LogP contribution in [0, 0.1) is 11.7 Å². The van der Waals surface area contributed by atoms with Crippen molar-refractivity contribution in [3.05, 3.63) is 65.2 Å². The molecule has 0 bridgehead atoms. The molecule has 0 radical (unpaired) electrons. The van der Waals surface area contributed by atoms with Crippen LogP contribution in [0.3, 0.4) is 0 Å². The maximum absolute atomic E-state index is 13.6. The van der Waals surface area contributed by atoms with Crippen LogP contribution in [0.2, 0.25) is 0 Å². The quantitative estimate of drug-likeness (QED) is 0.422. The SMILES string of the molecule is COC(=O)[C@H]1CCC2(CC(c3cc(C(F)(F)F)cc4nc[nH]c34)CO2)C1c1ccc(F)cc1. The summed E-state index contributed by atoms with van der Waals surface area (Å²) in [6.07, 6.45) is -1.62. The van der Waals surface area contributed by atoms with Crippen molar-refractivity contribution in [3.8, 4) is 0 Å². The zero-order valence-corrected chi connectivity index (χ0v) is 17.8. The first-order chi connectivity index (χ1) is 15.7. The number of aromatic amines is 1. The number of esters is 1. The van der Waals surface area contributed by atoms with Gasteiger partial charge < -0.3 is 14.5 Å². The molecule has 4 atom stereocenters. The Morgan fingerprint density at radius 2 is 2.00 bits per heavy atom. The number of alkyl halides is 3. The van der Waals surface area contributed by atoms with E-state index >= 15 is 0 Å². The van der Waals surface area contributed by atoms with E-state index in [0.29, 0.717) is 30.3 Å². The molecule has 2 aliphatic rings. The van der Waals surface area contributed by atoms with Gasteiger partial charge in [-0.3, -0.25) is 4.79 Å². The van der Waals surface area contributed by atoms with Crippen LogP contribution < -0.4 is 0 Å². The minimum atomic E-state index is -4.50. The number of imidazole rings is 1. The lowest BCUT2D eigenvalue weighted by atomic mass is 9.76. The highest BCUT2D eigenvalue weighted by atomic mass is 19.4. The van der Waals surface area contributed by atoms with Gasteiger partial charge in [0.05, 0.1) is 48.2 Å². The van der Waals surface area contributed by atoms with Crippen molar-refractivity contribution >= 4 is 17.0 Å². The summed E-state index contributed by atoms with van der Waals surface area (Å²) in [5.74, 6) is -1.96. The van der Waals surface area contributed by atoms with Gasteiger partial charge in [-0.2, -0.15) is 13.2 Å². The van der Waals surface area contributed by atoms with E-state index in [4.69, 9.17) is 9.47 Å². The second-order valence-corrected chi connectivity index (χ2v) is 8.83. The van der Waals surface area contributed by atoms with Gasteiger partial charge in [0.25, 0.3) is 0 Å². The zero-order chi connectivity index (χ0) is 23.4. The molecule has 1 aliphatic heterocycles. The van der Waals surface area contributed by atoms with Gasteiger partial charge in [-0.1, -0.05) is 12.1 Å². The van der Waals surface area contributed by atoms with Crippen LogP contribution in [0.25, 0.3) is 11.0 Å². The molecule has 0 amide bonds. The van der Waals surface area contributed by atoms with Crippen molar-refractivity contribution in [1.29, 1.82) is 0 Å². The molecule has 2 fully saturated rings.